The highest BCUT2D eigenvalue weighted by Gasteiger charge is 2.38. The van der Waals surface area contributed by atoms with Gasteiger partial charge in [-0.15, -0.1) is 0 Å². The van der Waals surface area contributed by atoms with Gasteiger partial charge in [0.25, 0.3) is 0 Å². The average Bonchev–Trinajstić information content (AvgIpc) is 1.98. The lowest BCUT2D eigenvalue weighted by Crippen LogP contribution is -2.41. The van der Waals surface area contributed by atoms with Crippen LogP contribution in [0.2, 0.25) is 0 Å². The van der Waals surface area contributed by atoms with Crippen molar-refractivity contribution < 1.29 is 15.0 Å². The SMILES string of the molecule is CC(C)NPC(C(=O)O)C(C)(O)PC(C)N. The normalized spacial score (nSPS) is 20.7. The summed E-state index contributed by atoms with van der Waals surface area (Å²) in [6, 6.07) is 0.203. The van der Waals surface area contributed by atoms with Crippen molar-refractivity contribution in [3.63, 3.8) is 0 Å². The van der Waals surface area contributed by atoms with E-state index in [4.69, 9.17) is 10.8 Å². The first-order valence-electron chi connectivity index (χ1n) is 5.16. The van der Waals surface area contributed by atoms with Crippen LogP contribution in [-0.2, 0) is 4.79 Å². The molecule has 0 bridgehead atoms. The third kappa shape index (κ3) is 6.07. The molecule has 7 heteroatoms. The largest absolute Gasteiger partial charge is 0.481 e. The summed E-state index contributed by atoms with van der Waals surface area (Å²) in [5, 5.41) is 21.1. The second-order valence-electron chi connectivity index (χ2n) is 4.30. The summed E-state index contributed by atoms with van der Waals surface area (Å²) >= 11 is 0. The lowest BCUT2D eigenvalue weighted by molar-refractivity contribution is -0.138. The van der Waals surface area contributed by atoms with Crippen molar-refractivity contribution in [2.45, 2.75) is 50.5 Å². The summed E-state index contributed by atoms with van der Waals surface area (Å²) in [6.45, 7) is 7.19. The molecular formula is C9H22N2O3P2. The molecule has 0 fully saturated rings. The zero-order chi connectivity index (χ0) is 12.9. The van der Waals surface area contributed by atoms with Gasteiger partial charge in [-0.3, -0.25) is 9.88 Å². The second kappa shape index (κ2) is 6.83. The maximum absolute atomic E-state index is 11.1. The van der Waals surface area contributed by atoms with Gasteiger partial charge in [0.05, 0.1) is 5.34 Å². The van der Waals surface area contributed by atoms with Crippen LogP contribution in [0.1, 0.15) is 27.7 Å². The minimum atomic E-state index is -1.25. The monoisotopic (exact) mass is 268 g/mol. The first-order chi connectivity index (χ1) is 7.16. The predicted molar refractivity (Wildman–Crippen MR) is 70.6 cm³/mol. The number of nitrogens with two attached hydrogens (primary N) is 1. The van der Waals surface area contributed by atoms with Crippen LogP contribution in [0.3, 0.4) is 0 Å². The molecule has 0 rings (SSSR count). The van der Waals surface area contributed by atoms with Gasteiger partial charge < -0.3 is 15.9 Å². The number of carbonyl (C=O) groups is 1. The number of aliphatic carboxylic acids is 1. The molecule has 0 aromatic rings. The van der Waals surface area contributed by atoms with Gasteiger partial charge in [-0.1, -0.05) is 8.58 Å². The zero-order valence-corrected chi connectivity index (χ0v) is 12.1. The molecule has 5 N–H and O–H groups in total. The molecule has 0 spiro atoms. The van der Waals surface area contributed by atoms with E-state index >= 15 is 0 Å². The number of hydrogen-bond acceptors (Lipinski definition) is 4. The Kier molecular flexibility index (Phi) is 6.92. The number of aliphatic hydroxyl groups is 1. The van der Waals surface area contributed by atoms with Crippen LogP contribution in [-0.4, -0.2) is 39.0 Å². The van der Waals surface area contributed by atoms with Gasteiger partial charge in [0.15, 0.2) is 0 Å². The third-order valence-electron chi connectivity index (χ3n) is 1.85. The predicted octanol–water partition coefficient (Wildman–Crippen LogP) is 0.723. The lowest BCUT2D eigenvalue weighted by atomic mass is 10.3. The van der Waals surface area contributed by atoms with Gasteiger partial charge in [-0.05, 0) is 36.4 Å². The molecule has 0 aliphatic heterocycles. The Morgan fingerprint density at radius 1 is 1.44 bits per heavy atom. The standard InChI is InChI=1S/C9H22N2O3P2/c1-5(2)11-16-7(8(12)13)9(4,14)15-6(3)10/h5-7,11,14-16H,10H2,1-4H3,(H,12,13). The zero-order valence-electron chi connectivity index (χ0n) is 10.1. The average molecular weight is 268 g/mol. The molecule has 0 heterocycles. The van der Waals surface area contributed by atoms with E-state index in [2.05, 4.69) is 5.09 Å². The van der Waals surface area contributed by atoms with Crippen LogP contribution in [0.4, 0.5) is 0 Å². The van der Waals surface area contributed by atoms with Crippen molar-refractivity contribution in [2.75, 3.05) is 0 Å². The van der Waals surface area contributed by atoms with E-state index in [1.165, 1.54) is 0 Å². The van der Waals surface area contributed by atoms with Gasteiger partial charge in [-0.2, -0.15) is 0 Å². The molecule has 5 atom stereocenters. The van der Waals surface area contributed by atoms with E-state index in [1.54, 1.807) is 13.8 Å². The van der Waals surface area contributed by atoms with Crippen molar-refractivity contribution in [1.82, 2.24) is 5.09 Å². The van der Waals surface area contributed by atoms with E-state index in [1.807, 2.05) is 13.8 Å². The summed E-state index contributed by atoms with van der Waals surface area (Å²) in [4.78, 5) is 11.1. The van der Waals surface area contributed by atoms with Crippen molar-refractivity contribution >= 4 is 23.3 Å². The fraction of sp³-hybridized carbons (Fsp3) is 0.889. The maximum atomic E-state index is 11.1. The minimum absolute atomic E-state index is 0.0113. The van der Waals surface area contributed by atoms with Crippen LogP contribution >= 0.6 is 17.3 Å². The molecule has 0 aliphatic carbocycles. The Hall–Kier alpha value is 0.210. The van der Waals surface area contributed by atoms with Gasteiger partial charge in [-0.25, -0.2) is 0 Å². The van der Waals surface area contributed by atoms with E-state index < -0.39 is 17.0 Å². The van der Waals surface area contributed by atoms with Gasteiger partial charge in [0.2, 0.25) is 0 Å². The van der Waals surface area contributed by atoms with E-state index in [0.717, 1.165) is 0 Å². The first-order valence-corrected chi connectivity index (χ1v) is 7.31. The molecule has 96 valence electrons. The molecule has 0 saturated carbocycles. The van der Waals surface area contributed by atoms with Crippen molar-refractivity contribution in [1.29, 1.82) is 0 Å². The second-order valence-corrected chi connectivity index (χ2v) is 7.66. The molecule has 0 aliphatic rings. The molecule has 0 aromatic heterocycles. The molecule has 0 amide bonds. The Bertz CT molecular complexity index is 235. The van der Waals surface area contributed by atoms with Crippen molar-refractivity contribution in [3.05, 3.63) is 0 Å². The number of rotatable bonds is 7. The molecule has 5 unspecified atom stereocenters. The van der Waals surface area contributed by atoms with Crippen molar-refractivity contribution in [3.8, 4) is 0 Å². The summed E-state index contributed by atoms with van der Waals surface area (Å²) in [6.07, 6.45) is 0. The smallest absolute Gasteiger partial charge is 0.315 e. The molecule has 0 radical (unpaired) electrons. The van der Waals surface area contributed by atoms with Gasteiger partial charge in [0, 0.05) is 11.8 Å². The summed E-state index contributed by atoms with van der Waals surface area (Å²) < 4.78 is 0. The van der Waals surface area contributed by atoms with Crippen LogP contribution in [0.5, 0.6) is 0 Å². The minimum Gasteiger partial charge on any atom is -0.481 e. The molecular weight excluding hydrogens is 246 g/mol. The number of nitrogens with one attached hydrogen (secondary N) is 1. The fourth-order valence-electron chi connectivity index (χ4n) is 1.24. The Labute approximate surface area is 100 Å². The van der Waals surface area contributed by atoms with Crippen molar-refractivity contribution in [2.24, 2.45) is 5.73 Å². The fourth-order valence-corrected chi connectivity index (χ4v) is 3.82. The third-order valence-corrected chi connectivity index (χ3v) is 5.30. The maximum Gasteiger partial charge on any atom is 0.315 e. The van der Waals surface area contributed by atoms with E-state index in [0.29, 0.717) is 0 Å². The molecule has 5 nitrogen and oxygen atoms in total. The Balaban J connectivity index is 4.56. The highest BCUT2D eigenvalue weighted by atomic mass is 31.1. The highest BCUT2D eigenvalue weighted by molar-refractivity contribution is 7.44. The van der Waals surface area contributed by atoms with Crippen LogP contribution in [0.25, 0.3) is 0 Å². The van der Waals surface area contributed by atoms with Crippen LogP contribution in [0, 0.1) is 0 Å². The summed E-state index contributed by atoms with van der Waals surface area (Å²) in [5.74, 6) is -1.18. The molecule has 16 heavy (non-hydrogen) atoms. The van der Waals surface area contributed by atoms with Gasteiger partial charge in [0.1, 0.15) is 5.66 Å². The van der Waals surface area contributed by atoms with E-state index in [-0.39, 0.29) is 29.1 Å². The van der Waals surface area contributed by atoms with E-state index in [9.17, 15) is 9.90 Å². The Morgan fingerprint density at radius 3 is 2.25 bits per heavy atom. The lowest BCUT2D eigenvalue weighted by Gasteiger charge is -2.32. The van der Waals surface area contributed by atoms with Crippen LogP contribution in [0.15, 0.2) is 0 Å². The topological polar surface area (TPSA) is 95.6 Å². The summed E-state index contributed by atoms with van der Waals surface area (Å²) in [5.41, 5.74) is 4.81. The number of carboxylic acids is 1. The Morgan fingerprint density at radius 2 is 1.94 bits per heavy atom. The first kappa shape index (κ1) is 16.2. The number of carboxylic acid groups (broad SMARTS) is 1. The quantitative estimate of drug-likeness (QED) is 0.510. The van der Waals surface area contributed by atoms with Crippen LogP contribution < -0.4 is 10.8 Å². The van der Waals surface area contributed by atoms with Gasteiger partial charge >= 0.3 is 5.97 Å². The summed E-state index contributed by atoms with van der Waals surface area (Å²) in [7, 11) is -0.00190. The molecule has 0 aromatic carbocycles. The number of hydrogen-bond donors (Lipinski definition) is 4. The highest BCUT2D eigenvalue weighted by Crippen LogP contribution is 2.41. The molecule has 0 saturated heterocycles.